The molecule has 0 saturated heterocycles. The van der Waals surface area contributed by atoms with Crippen LogP contribution in [0.3, 0.4) is 0 Å². The Balaban J connectivity index is 3.72. The van der Waals surface area contributed by atoms with Crippen LogP contribution in [0.2, 0.25) is 0 Å². The van der Waals surface area contributed by atoms with Crippen molar-refractivity contribution in [3.05, 3.63) is 0 Å². The van der Waals surface area contributed by atoms with Gasteiger partial charge in [-0.1, -0.05) is 33.1 Å². The van der Waals surface area contributed by atoms with Crippen molar-refractivity contribution in [3.63, 3.8) is 0 Å². The Morgan fingerprint density at radius 3 is 2.39 bits per heavy atom. The lowest BCUT2D eigenvalue weighted by molar-refractivity contribution is -0.153. The number of alkyl halides is 1. The van der Waals surface area contributed by atoms with Crippen molar-refractivity contribution in [3.8, 4) is 0 Å². The van der Waals surface area contributed by atoms with Gasteiger partial charge < -0.3 is 9.47 Å². The molecule has 0 aromatic rings. The molecule has 106 valence electrons. The highest BCUT2D eigenvalue weighted by Crippen LogP contribution is 2.06. The second-order valence-corrected chi connectivity index (χ2v) is 4.41. The van der Waals surface area contributed by atoms with Crippen LogP contribution in [0.25, 0.3) is 0 Å². The molecule has 0 spiro atoms. The quantitative estimate of drug-likeness (QED) is 0.350. The molecule has 0 bridgehead atoms. The van der Waals surface area contributed by atoms with Crippen LogP contribution in [-0.4, -0.2) is 30.5 Å². The maximum absolute atomic E-state index is 11.4. The van der Waals surface area contributed by atoms with E-state index in [4.69, 9.17) is 21.1 Å². The Bertz CT molecular complexity index is 243. The molecule has 5 heteroatoms. The van der Waals surface area contributed by atoms with Crippen LogP contribution in [0, 0.1) is 0 Å². The standard InChI is InChI=1S/C13H23ClO4/c1-3-5-6-7-8-17-13(16)9-11(10-14)18-12(15)4-2/h11H,3-10H2,1-2H3. The molecule has 4 nitrogen and oxygen atoms in total. The Hall–Kier alpha value is -0.770. The summed E-state index contributed by atoms with van der Waals surface area (Å²) in [4.78, 5) is 22.5. The topological polar surface area (TPSA) is 52.6 Å². The van der Waals surface area contributed by atoms with Crippen LogP contribution in [-0.2, 0) is 19.1 Å². The number of ether oxygens (including phenoxy) is 2. The van der Waals surface area contributed by atoms with E-state index in [9.17, 15) is 9.59 Å². The van der Waals surface area contributed by atoms with Crippen molar-refractivity contribution in [1.29, 1.82) is 0 Å². The fourth-order valence-electron chi connectivity index (χ4n) is 1.36. The second kappa shape index (κ2) is 11.3. The minimum Gasteiger partial charge on any atom is -0.466 e. The lowest BCUT2D eigenvalue weighted by atomic mass is 10.2. The zero-order valence-electron chi connectivity index (χ0n) is 11.2. The smallest absolute Gasteiger partial charge is 0.309 e. The van der Waals surface area contributed by atoms with Gasteiger partial charge in [0.15, 0.2) is 0 Å². The zero-order valence-corrected chi connectivity index (χ0v) is 12.0. The van der Waals surface area contributed by atoms with Crippen molar-refractivity contribution in [2.75, 3.05) is 12.5 Å². The summed E-state index contributed by atoms with van der Waals surface area (Å²) in [7, 11) is 0. The van der Waals surface area contributed by atoms with Gasteiger partial charge >= 0.3 is 11.9 Å². The Morgan fingerprint density at radius 1 is 1.11 bits per heavy atom. The van der Waals surface area contributed by atoms with E-state index in [2.05, 4.69) is 6.92 Å². The minimum absolute atomic E-state index is 0.0308. The fourth-order valence-corrected chi connectivity index (χ4v) is 1.53. The Morgan fingerprint density at radius 2 is 1.83 bits per heavy atom. The van der Waals surface area contributed by atoms with E-state index in [-0.39, 0.29) is 30.7 Å². The molecule has 1 atom stereocenters. The van der Waals surface area contributed by atoms with Crippen molar-refractivity contribution < 1.29 is 19.1 Å². The molecule has 18 heavy (non-hydrogen) atoms. The molecule has 0 fully saturated rings. The highest BCUT2D eigenvalue weighted by Gasteiger charge is 2.17. The zero-order chi connectivity index (χ0) is 13.8. The van der Waals surface area contributed by atoms with E-state index >= 15 is 0 Å². The molecule has 0 aliphatic rings. The highest BCUT2D eigenvalue weighted by molar-refractivity contribution is 6.18. The summed E-state index contributed by atoms with van der Waals surface area (Å²) < 4.78 is 10.0. The summed E-state index contributed by atoms with van der Waals surface area (Å²) in [6.07, 6.45) is 3.96. The van der Waals surface area contributed by atoms with Gasteiger partial charge in [-0.05, 0) is 6.42 Å². The maximum Gasteiger partial charge on any atom is 0.309 e. The minimum atomic E-state index is -0.581. The normalized spacial score (nSPS) is 11.9. The first kappa shape index (κ1) is 17.2. The van der Waals surface area contributed by atoms with Crippen LogP contribution < -0.4 is 0 Å². The van der Waals surface area contributed by atoms with Gasteiger partial charge in [0, 0.05) is 6.42 Å². The third-order valence-corrected chi connectivity index (χ3v) is 2.76. The number of esters is 2. The summed E-state index contributed by atoms with van der Waals surface area (Å²) >= 11 is 5.63. The van der Waals surface area contributed by atoms with Gasteiger partial charge in [-0.25, -0.2) is 0 Å². The third kappa shape index (κ3) is 9.28. The largest absolute Gasteiger partial charge is 0.466 e. The number of hydrogen-bond acceptors (Lipinski definition) is 4. The van der Waals surface area contributed by atoms with Gasteiger partial charge in [-0.2, -0.15) is 0 Å². The number of rotatable bonds is 10. The van der Waals surface area contributed by atoms with E-state index < -0.39 is 6.10 Å². The summed E-state index contributed by atoms with van der Waals surface area (Å²) in [5.41, 5.74) is 0. The van der Waals surface area contributed by atoms with Gasteiger partial charge in [-0.3, -0.25) is 9.59 Å². The molecule has 0 radical (unpaired) electrons. The molecule has 0 heterocycles. The van der Waals surface area contributed by atoms with Crippen molar-refractivity contribution in [1.82, 2.24) is 0 Å². The molecule has 0 rings (SSSR count). The Labute approximate surface area is 114 Å². The SMILES string of the molecule is CCCCCCOC(=O)CC(CCl)OC(=O)CC. The predicted octanol–water partition coefficient (Wildman–Crippen LogP) is 3.06. The van der Waals surface area contributed by atoms with Gasteiger partial charge in [0.05, 0.1) is 18.9 Å². The number of unbranched alkanes of at least 4 members (excludes halogenated alkanes) is 3. The second-order valence-electron chi connectivity index (χ2n) is 4.10. The molecule has 0 aliphatic carbocycles. The molecular weight excluding hydrogens is 256 g/mol. The average molecular weight is 279 g/mol. The van der Waals surface area contributed by atoms with Gasteiger partial charge in [0.25, 0.3) is 0 Å². The van der Waals surface area contributed by atoms with Gasteiger partial charge in [0.2, 0.25) is 0 Å². The molecule has 0 aromatic heterocycles. The molecule has 0 aliphatic heterocycles. The molecule has 0 saturated carbocycles. The summed E-state index contributed by atoms with van der Waals surface area (Å²) in [6.45, 7) is 4.24. The summed E-state index contributed by atoms with van der Waals surface area (Å²) in [6, 6.07) is 0. The van der Waals surface area contributed by atoms with Crippen molar-refractivity contribution in [2.45, 2.75) is 58.5 Å². The van der Waals surface area contributed by atoms with E-state index in [1.165, 1.54) is 0 Å². The van der Waals surface area contributed by atoms with Crippen LogP contribution in [0.4, 0.5) is 0 Å². The van der Waals surface area contributed by atoms with E-state index in [0.29, 0.717) is 6.61 Å². The summed E-state index contributed by atoms with van der Waals surface area (Å²) in [5.74, 6) is -0.603. The summed E-state index contributed by atoms with van der Waals surface area (Å²) in [5, 5.41) is 0. The van der Waals surface area contributed by atoms with E-state index in [1.807, 2.05) is 0 Å². The molecule has 0 N–H and O–H groups in total. The first-order valence-electron chi connectivity index (χ1n) is 6.55. The molecule has 0 amide bonds. The maximum atomic E-state index is 11.4. The number of halogens is 1. The monoisotopic (exact) mass is 278 g/mol. The van der Waals surface area contributed by atoms with Gasteiger partial charge in [-0.15, -0.1) is 11.6 Å². The Kier molecular flexibility index (Phi) is 10.8. The average Bonchev–Trinajstić information content (AvgIpc) is 2.37. The first-order valence-corrected chi connectivity index (χ1v) is 7.08. The number of carbonyl (C=O) groups excluding carboxylic acids is 2. The highest BCUT2D eigenvalue weighted by atomic mass is 35.5. The molecular formula is C13H23ClO4. The van der Waals surface area contributed by atoms with E-state index in [1.54, 1.807) is 6.92 Å². The van der Waals surface area contributed by atoms with Crippen LogP contribution in [0.5, 0.6) is 0 Å². The van der Waals surface area contributed by atoms with Crippen molar-refractivity contribution in [2.24, 2.45) is 0 Å². The van der Waals surface area contributed by atoms with Gasteiger partial charge in [0.1, 0.15) is 6.10 Å². The molecule has 1 unspecified atom stereocenters. The fraction of sp³-hybridized carbons (Fsp3) is 0.846. The lowest BCUT2D eigenvalue weighted by Gasteiger charge is -2.14. The van der Waals surface area contributed by atoms with Crippen LogP contribution in [0.1, 0.15) is 52.4 Å². The van der Waals surface area contributed by atoms with Crippen molar-refractivity contribution >= 4 is 23.5 Å². The number of carbonyl (C=O) groups is 2. The van der Waals surface area contributed by atoms with Crippen LogP contribution in [0.15, 0.2) is 0 Å². The predicted molar refractivity (Wildman–Crippen MR) is 70.6 cm³/mol. The lowest BCUT2D eigenvalue weighted by Crippen LogP contribution is -2.24. The molecule has 0 aromatic carbocycles. The first-order chi connectivity index (χ1) is 8.63. The van der Waals surface area contributed by atoms with Crippen LogP contribution >= 0.6 is 11.6 Å². The van der Waals surface area contributed by atoms with E-state index in [0.717, 1.165) is 25.7 Å². The number of hydrogen-bond donors (Lipinski definition) is 0. The third-order valence-electron chi connectivity index (χ3n) is 2.41.